The first-order valence-electron chi connectivity index (χ1n) is 3.18. The van der Waals surface area contributed by atoms with Crippen LogP contribution in [0, 0.1) is 16.7 Å². The molecule has 2 atom stereocenters. The Kier molecular flexibility index (Phi) is 1.65. The molecule has 1 aliphatic rings. The normalized spacial score (nSPS) is 33.8. The Bertz CT molecular complexity index is 365. The molecular weight excluding hydrogens is 182 g/mol. The Morgan fingerprint density at radius 3 is 2.33 bits per heavy atom. The minimum Gasteiger partial charge on any atom is -0.480 e. The fraction of sp³-hybridized carbons (Fsp3) is 0.667. The Balaban J connectivity index is 2.99. The molecule has 5 nitrogen and oxygen atoms in total. The summed E-state index contributed by atoms with van der Waals surface area (Å²) in [6, 6.07) is 1.53. The number of nitriles is 1. The lowest BCUT2D eigenvalue weighted by atomic mass is 10.1. The average molecular weight is 189 g/mol. The lowest BCUT2D eigenvalue weighted by Gasteiger charge is -1.98. The zero-order valence-electron chi connectivity index (χ0n) is 6.31. The molecule has 0 spiro atoms. The van der Waals surface area contributed by atoms with E-state index >= 15 is 0 Å². The van der Waals surface area contributed by atoms with Gasteiger partial charge >= 0.3 is 5.97 Å². The molecular formula is C6H7NO4S. The smallest absolute Gasteiger partial charge is 0.325 e. The van der Waals surface area contributed by atoms with Crippen molar-refractivity contribution >= 4 is 15.8 Å². The summed E-state index contributed by atoms with van der Waals surface area (Å²) in [5, 5.41) is 16.0. The van der Waals surface area contributed by atoms with E-state index in [9.17, 15) is 13.2 Å². The van der Waals surface area contributed by atoms with E-state index in [1.807, 2.05) is 0 Å². The summed E-state index contributed by atoms with van der Waals surface area (Å²) in [6.45, 7) is 0. The van der Waals surface area contributed by atoms with E-state index in [4.69, 9.17) is 10.4 Å². The van der Waals surface area contributed by atoms with Gasteiger partial charge in [0.15, 0.2) is 15.3 Å². The molecule has 0 saturated heterocycles. The fourth-order valence-electron chi connectivity index (χ4n) is 1.14. The molecule has 0 aromatic carbocycles. The largest absolute Gasteiger partial charge is 0.480 e. The topological polar surface area (TPSA) is 95.2 Å². The molecule has 1 aliphatic carbocycles. The number of hydrogen-bond acceptors (Lipinski definition) is 4. The number of hydrogen-bond donors (Lipinski definition) is 1. The molecule has 0 aliphatic heterocycles. The highest BCUT2D eigenvalue weighted by molar-refractivity contribution is 7.91. The number of carbonyl (C=O) groups is 1. The van der Waals surface area contributed by atoms with Crippen LogP contribution in [0.5, 0.6) is 0 Å². The Hall–Kier alpha value is -1.09. The molecule has 1 N–H and O–H groups in total. The third-order valence-corrected chi connectivity index (χ3v) is 3.60. The maximum atomic E-state index is 10.9. The first kappa shape index (κ1) is 9.00. The first-order valence-corrected chi connectivity index (χ1v) is 5.13. The van der Waals surface area contributed by atoms with Gasteiger partial charge in [-0.1, -0.05) is 0 Å². The van der Waals surface area contributed by atoms with Crippen LogP contribution < -0.4 is 0 Å². The number of sulfone groups is 1. The minimum absolute atomic E-state index is 0.0856. The summed E-state index contributed by atoms with van der Waals surface area (Å²) in [5.41, 5.74) is -1.67. The summed E-state index contributed by atoms with van der Waals surface area (Å²) in [6.07, 6.45) is 0.858. The lowest BCUT2D eigenvalue weighted by molar-refractivity contribution is -0.141. The van der Waals surface area contributed by atoms with Crippen molar-refractivity contribution < 1.29 is 18.3 Å². The number of aliphatic carboxylic acids is 1. The van der Waals surface area contributed by atoms with Crippen molar-refractivity contribution in [2.75, 3.05) is 6.26 Å². The van der Waals surface area contributed by atoms with E-state index in [1.54, 1.807) is 0 Å². The molecule has 0 aromatic heterocycles. The van der Waals surface area contributed by atoms with E-state index in [2.05, 4.69) is 0 Å². The van der Waals surface area contributed by atoms with Gasteiger partial charge in [0, 0.05) is 6.26 Å². The second-order valence-electron chi connectivity index (χ2n) is 2.91. The monoisotopic (exact) mass is 189 g/mol. The average Bonchev–Trinajstić information content (AvgIpc) is 2.60. The van der Waals surface area contributed by atoms with Gasteiger partial charge in [-0.05, 0) is 6.42 Å². The fourth-order valence-corrected chi connectivity index (χ4v) is 2.59. The lowest BCUT2D eigenvalue weighted by Crippen LogP contribution is -2.21. The summed E-state index contributed by atoms with van der Waals surface area (Å²) in [4.78, 5) is 10.5. The van der Waals surface area contributed by atoms with Crippen LogP contribution in [0.4, 0.5) is 0 Å². The van der Waals surface area contributed by atoms with Crippen molar-refractivity contribution in [1.29, 1.82) is 5.26 Å². The highest BCUT2D eigenvalue weighted by Crippen LogP contribution is 2.50. The summed E-state index contributed by atoms with van der Waals surface area (Å²) in [5.74, 6) is -1.35. The number of nitrogens with zero attached hydrogens (tertiary/aromatic N) is 1. The minimum atomic E-state index is -3.40. The van der Waals surface area contributed by atoms with Crippen LogP contribution >= 0.6 is 0 Å². The van der Waals surface area contributed by atoms with Gasteiger partial charge in [0.25, 0.3) is 0 Å². The summed E-state index contributed by atoms with van der Waals surface area (Å²) < 4.78 is 21.7. The van der Waals surface area contributed by atoms with Crippen molar-refractivity contribution in [1.82, 2.24) is 0 Å². The predicted molar refractivity (Wildman–Crippen MR) is 38.9 cm³/mol. The maximum Gasteiger partial charge on any atom is 0.325 e. The van der Waals surface area contributed by atoms with E-state index in [-0.39, 0.29) is 6.42 Å². The summed E-state index contributed by atoms with van der Waals surface area (Å²) in [7, 11) is -3.40. The molecule has 0 amide bonds. The maximum absolute atomic E-state index is 10.9. The second kappa shape index (κ2) is 2.20. The SMILES string of the molecule is CS(=O)(=O)[C@@H]1C[C@@]1(C#N)C(=O)O. The van der Waals surface area contributed by atoms with Crippen LogP contribution in [0.15, 0.2) is 0 Å². The van der Waals surface area contributed by atoms with Crippen LogP contribution in [0.3, 0.4) is 0 Å². The molecule has 0 bridgehead atoms. The second-order valence-corrected chi connectivity index (χ2v) is 5.14. The molecule has 1 fully saturated rings. The molecule has 1 saturated carbocycles. The van der Waals surface area contributed by atoms with Crippen LogP contribution in [0.1, 0.15) is 6.42 Å². The van der Waals surface area contributed by atoms with E-state index < -0.39 is 26.5 Å². The van der Waals surface area contributed by atoms with Crippen LogP contribution in [-0.4, -0.2) is 31.0 Å². The van der Waals surface area contributed by atoms with E-state index in [0.717, 1.165) is 6.26 Å². The molecule has 6 heteroatoms. The van der Waals surface area contributed by atoms with Crippen molar-refractivity contribution in [2.45, 2.75) is 11.7 Å². The van der Waals surface area contributed by atoms with Crippen LogP contribution in [0.25, 0.3) is 0 Å². The predicted octanol–water partition coefficient (Wildman–Crippen LogP) is -0.602. The van der Waals surface area contributed by atoms with Gasteiger partial charge in [-0.2, -0.15) is 5.26 Å². The van der Waals surface area contributed by atoms with Gasteiger partial charge in [-0.25, -0.2) is 8.42 Å². The van der Waals surface area contributed by atoms with Gasteiger partial charge < -0.3 is 5.11 Å². The number of carboxylic acids is 1. The highest BCUT2D eigenvalue weighted by Gasteiger charge is 2.66. The van der Waals surface area contributed by atoms with E-state index in [1.165, 1.54) is 6.07 Å². The van der Waals surface area contributed by atoms with E-state index in [0.29, 0.717) is 0 Å². The van der Waals surface area contributed by atoms with Crippen molar-refractivity contribution in [2.24, 2.45) is 5.41 Å². The Morgan fingerprint density at radius 1 is 1.75 bits per heavy atom. The molecule has 1 rings (SSSR count). The number of rotatable bonds is 2. The van der Waals surface area contributed by atoms with Crippen molar-refractivity contribution in [3.05, 3.63) is 0 Å². The standard InChI is InChI=1S/C6H7NO4S/c1-12(10,11)4-2-6(4,3-7)5(8)9/h4H,2H2,1H3,(H,8,9)/t4-,6+/m1/s1. The van der Waals surface area contributed by atoms with Gasteiger partial charge in [0.2, 0.25) is 0 Å². The summed E-state index contributed by atoms with van der Waals surface area (Å²) >= 11 is 0. The van der Waals surface area contributed by atoms with Gasteiger partial charge in [0.1, 0.15) is 0 Å². The highest BCUT2D eigenvalue weighted by atomic mass is 32.2. The Labute approximate surface area is 69.5 Å². The van der Waals surface area contributed by atoms with Crippen LogP contribution in [-0.2, 0) is 14.6 Å². The van der Waals surface area contributed by atoms with Gasteiger partial charge in [-0.15, -0.1) is 0 Å². The molecule has 66 valence electrons. The van der Waals surface area contributed by atoms with Gasteiger partial charge in [-0.3, -0.25) is 4.79 Å². The molecule has 0 radical (unpaired) electrons. The quantitative estimate of drug-likeness (QED) is 0.625. The first-order chi connectivity index (χ1) is 5.34. The molecule has 0 aromatic rings. The van der Waals surface area contributed by atoms with Gasteiger partial charge in [0.05, 0.1) is 11.3 Å². The molecule has 12 heavy (non-hydrogen) atoms. The Morgan fingerprint density at radius 2 is 2.25 bits per heavy atom. The molecule has 0 heterocycles. The third-order valence-electron chi connectivity index (χ3n) is 1.99. The van der Waals surface area contributed by atoms with Crippen molar-refractivity contribution in [3.63, 3.8) is 0 Å². The molecule has 0 unspecified atom stereocenters. The number of carboxylic acid groups (broad SMARTS) is 1. The van der Waals surface area contributed by atoms with Crippen LogP contribution in [0.2, 0.25) is 0 Å². The van der Waals surface area contributed by atoms with Crippen molar-refractivity contribution in [3.8, 4) is 6.07 Å². The third kappa shape index (κ3) is 1.06. The zero-order chi connectivity index (χ0) is 9.57. The zero-order valence-corrected chi connectivity index (χ0v) is 7.13.